The summed E-state index contributed by atoms with van der Waals surface area (Å²) >= 11 is 6.06. The summed E-state index contributed by atoms with van der Waals surface area (Å²) in [7, 11) is -2.93. The monoisotopic (exact) mass is 353 g/mol. The standard InChI is InChI=1S/C16H20ClN3O2S/c1-10(2)13-5-19-16(14-6-18-15(17)4-12(13)14)20-7-11(8-20)9-23(3,21)22/h4-6,10-11H,7-9H2,1-3H3. The van der Waals surface area contributed by atoms with Crippen molar-refractivity contribution in [3.05, 3.63) is 29.2 Å². The van der Waals surface area contributed by atoms with E-state index < -0.39 is 9.84 Å². The second-order valence-electron chi connectivity index (χ2n) is 6.61. The van der Waals surface area contributed by atoms with Gasteiger partial charge in [0.2, 0.25) is 0 Å². The first-order valence-electron chi connectivity index (χ1n) is 7.61. The Bertz CT molecular complexity index is 846. The summed E-state index contributed by atoms with van der Waals surface area (Å²) < 4.78 is 22.8. The zero-order chi connectivity index (χ0) is 16.8. The van der Waals surface area contributed by atoms with Gasteiger partial charge in [-0.05, 0) is 22.9 Å². The maximum atomic E-state index is 11.4. The number of fused-ring (bicyclic) bond motifs is 1. The molecule has 0 amide bonds. The van der Waals surface area contributed by atoms with Gasteiger partial charge in [0.25, 0.3) is 0 Å². The molecule has 0 bridgehead atoms. The SMILES string of the molecule is CC(C)c1cnc(N2CC(CS(C)(=O)=O)C2)c2cnc(Cl)cc12. The second kappa shape index (κ2) is 5.91. The molecule has 1 fully saturated rings. The van der Waals surface area contributed by atoms with Crippen molar-refractivity contribution in [1.82, 2.24) is 9.97 Å². The van der Waals surface area contributed by atoms with E-state index in [1.165, 1.54) is 6.26 Å². The maximum Gasteiger partial charge on any atom is 0.147 e. The molecule has 3 rings (SSSR count). The van der Waals surface area contributed by atoms with Crippen LogP contribution in [0.4, 0.5) is 5.82 Å². The third kappa shape index (κ3) is 3.43. The second-order valence-corrected chi connectivity index (χ2v) is 9.18. The topological polar surface area (TPSA) is 63.2 Å². The third-order valence-electron chi connectivity index (χ3n) is 4.17. The maximum absolute atomic E-state index is 11.4. The minimum Gasteiger partial charge on any atom is -0.355 e. The number of rotatable bonds is 4. The van der Waals surface area contributed by atoms with Crippen molar-refractivity contribution >= 4 is 38.0 Å². The van der Waals surface area contributed by atoms with Crippen LogP contribution in [0.1, 0.15) is 25.3 Å². The summed E-state index contributed by atoms with van der Waals surface area (Å²) in [5.74, 6) is 1.60. The zero-order valence-electron chi connectivity index (χ0n) is 13.5. The molecule has 23 heavy (non-hydrogen) atoms. The van der Waals surface area contributed by atoms with Gasteiger partial charge >= 0.3 is 0 Å². The van der Waals surface area contributed by atoms with E-state index in [4.69, 9.17) is 11.6 Å². The Morgan fingerprint density at radius 2 is 1.96 bits per heavy atom. The molecule has 1 saturated heterocycles. The molecule has 5 nitrogen and oxygen atoms in total. The van der Waals surface area contributed by atoms with Gasteiger partial charge in [0, 0.05) is 43.0 Å². The molecule has 0 atom stereocenters. The molecule has 0 radical (unpaired) electrons. The fourth-order valence-corrected chi connectivity index (χ4v) is 4.33. The van der Waals surface area contributed by atoms with Crippen LogP contribution in [0.2, 0.25) is 5.15 Å². The smallest absolute Gasteiger partial charge is 0.147 e. The number of pyridine rings is 2. The number of hydrogen-bond donors (Lipinski definition) is 0. The van der Waals surface area contributed by atoms with Gasteiger partial charge in [0.15, 0.2) is 0 Å². The summed E-state index contributed by atoms with van der Waals surface area (Å²) in [6.45, 7) is 5.66. The van der Waals surface area contributed by atoms with E-state index >= 15 is 0 Å². The molecular weight excluding hydrogens is 334 g/mol. The van der Waals surface area contributed by atoms with E-state index in [1.807, 2.05) is 12.3 Å². The molecule has 7 heteroatoms. The highest BCUT2D eigenvalue weighted by Gasteiger charge is 2.31. The molecule has 0 aromatic carbocycles. The van der Waals surface area contributed by atoms with Gasteiger partial charge in [-0.25, -0.2) is 18.4 Å². The first-order valence-corrected chi connectivity index (χ1v) is 10.1. The third-order valence-corrected chi connectivity index (χ3v) is 5.45. The average molecular weight is 354 g/mol. The lowest BCUT2D eigenvalue weighted by Crippen LogP contribution is -2.50. The van der Waals surface area contributed by atoms with Gasteiger partial charge < -0.3 is 4.90 Å². The van der Waals surface area contributed by atoms with Crippen molar-refractivity contribution in [2.45, 2.75) is 19.8 Å². The van der Waals surface area contributed by atoms with Crippen LogP contribution in [0.5, 0.6) is 0 Å². The predicted octanol–water partition coefficient (Wildman–Crippen LogP) is 2.89. The molecular formula is C16H20ClN3O2S. The Kier molecular flexibility index (Phi) is 4.23. The fraction of sp³-hybridized carbons (Fsp3) is 0.500. The molecule has 1 aliphatic rings. The van der Waals surface area contributed by atoms with Gasteiger partial charge in [0.1, 0.15) is 20.8 Å². The van der Waals surface area contributed by atoms with Crippen LogP contribution in [0.25, 0.3) is 10.8 Å². The van der Waals surface area contributed by atoms with Crippen LogP contribution in [-0.4, -0.2) is 43.5 Å². The molecule has 0 unspecified atom stereocenters. The highest BCUT2D eigenvalue weighted by Crippen LogP contribution is 2.34. The Balaban J connectivity index is 1.93. The Morgan fingerprint density at radius 3 is 2.57 bits per heavy atom. The highest BCUT2D eigenvalue weighted by atomic mass is 35.5. The fourth-order valence-electron chi connectivity index (χ4n) is 3.11. The van der Waals surface area contributed by atoms with Crippen molar-refractivity contribution in [3.63, 3.8) is 0 Å². The minimum absolute atomic E-state index is 0.173. The minimum atomic E-state index is -2.93. The Labute approximate surface area is 141 Å². The number of nitrogens with zero attached hydrogens (tertiary/aromatic N) is 3. The quantitative estimate of drug-likeness (QED) is 0.791. The van der Waals surface area contributed by atoms with Crippen LogP contribution in [0, 0.1) is 5.92 Å². The van der Waals surface area contributed by atoms with Crippen LogP contribution < -0.4 is 4.90 Å². The lowest BCUT2D eigenvalue weighted by molar-refractivity contribution is 0.442. The number of anilines is 1. The number of halogens is 1. The van der Waals surface area contributed by atoms with Crippen molar-refractivity contribution in [2.75, 3.05) is 30.0 Å². The van der Waals surface area contributed by atoms with Crippen LogP contribution in [-0.2, 0) is 9.84 Å². The average Bonchev–Trinajstić information content (AvgIpc) is 2.40. The lowest BCUT2D eigenvalue weighted by Gasteiger charge is -2.40. The van der Waals surface area contributed by atoms with Gasteiger partial charge in [-0.2, -0.15) is 0 Å². The van der Waals surface area contributed by atoms with Gasteiger partial charge in [-0.15, -0.1) is 0 Å². The van der Waals surface area contributed by atoms with E-state index in [2.05, 4.69) is 28.7 Å². The Hall–Kier alpha value is -1.40. The van der Waals surface area contributed by atoms with E-state index in [-0.39, 0.29) is 11.7 Å². The molecule has 3 heterocycles. The normalized spacial score (nSPS) is 16.1. The van der Waals surface area contributed by atoms with Crippen molar-refractivity contribution in [2.24, 2.45) is 5.92 Å². The summed E-state index contributed by atoms with van der Waals surface area (Å²) in [4.78, 5) is 10.9. The first kappa shape index (κ1) is 16.5. The summed E-state index contributed by atoms with van der Waals surface area (Å²) in [5, 5.41) is 2.50. The molecule has 2 aromatic rings. The molecule has 0 aliphatic carbocycles. The molecule has 2 aromatic heterocycles. The lowest BCUT2D eigenvalue weighted by atomic mass is 9.97. The van der Waals surface area contributed by atoms with Crippen molar-refractivity contribution in [1.29, 1.82) is 0 Å². The molecule has 124 valence electrons. The van der Waals surface area contributed by atoms with E-state index in [9.17, 15) is 8.42 Å². The highest BCUT2D eigenvalue weighted by molar-refractivity contribution is 7.90. The van der Waals surface area contributed by atoms with Gasteiger partial charge in [0.05, 0.1) is 5.75 Å². The molecule has 0 spiro atoms. The molecule has 0 saturated carbocycles. The molecule has 0 N–H and O–H groups in total. The predicted molar refractivity (Wildman–Crippen MR) is 94.1 cm³/mol. The van der Waals surface area contributed by atoms with Gasteiger partial charge in [-0.1, -0.05) is 25.4 Å². The van der Waals surface area contributed by atoms with E-state index in [0.717, 1.165) is 22.2 Å². The number of aromatic nitrogens is 2. The van der Waals surface area contributed by atoms with Crippen LogP contribution in [0.3, 0.4) is 0 Å². The van der Waals surface area contributed by atoms with E-state index in [1.54, 1.807) is 6.20 Å². The van der Waals surface area contributed by atoms with Crippen LogP contribution in [0.15, 0.2) is 18.5 Å². The zero-order valence-corrected chi connectivity index (χ0v) is 15.0. The van der Waals surface area contributed by atoms with E-state index in [0.29, 0.717) is 24.2 Å². The number of sulfone groups is 1. The Morgan fingerprint density at radius 1 is 1.26 bits per heavy atom. The molecule has 1 aliphatic heterocycles. The summed E-state index contributed by atoms with van der Waals surface area (Å²) in [5.41, 5.74) is 1.14. The van der Waals surface area contributed by atoms with Crippen molar-refractivity contribution in [3.8, 4) is 0 Å². The first-order chi connectivity index (χ1) is 10.7. The van der Waals surface area contributed by atoms with Gasteiger partial charge in [-0.3, -0.25) is 0 Å². The van der Waals surface area contributed by atoms with Crippen molar-refractivity contribution < 1.29 is 8.42 Å². The summed E-state index contributed by atoms with van der Waals surface area (Å²) in [6, 6.07) is 1.88. The van der Waals surface area contributed by atoms with Crippen LogP contribution >= 0.6 is 11.6 Å². The summed E-state index contributed by atoms with van der Waals surface area (Å²) in [6.07, 6.45) is 4.94. The number of hydrogen-bond acceptors (Lipinski definition) is 5. The largest absolute Gasteiger partial charge is 0.355 e.